The van der Waals surface area contributed by atoms with Crippen LogP contribution in [-0.2, 0) is 17.5 Å². The average Bonchev–Trinajstić information content (AvgIpc) is 2.94. The number of ether oxygens (including phenoxy) is 1. The number of pyridine rings is 1. The maximum absolute atomic E-state index is 15.1. The largest absolute Gasteiger partial charge is 0.417 e. The number of amides is 1. The Morgan fingerprint density at radius 1 is 1.10 bits per heavy atom. The van der Waals surface area contributed by atoms with Gasteiger partial charge in [-0.15, -0.1) is 0 Å². The number of carbonyl (C=O) groups is 1. The number of benzene rings is 2. The number of hydrogen-bond acceptors (Lipinski definition) is 6. The number of halogens is 4. The number of carbonyl (C=O) groups excluding carboxylic acids is 1. The molecule has 2 fully saturated rings. The van der Waals surface area contributed by atoms with Crippen molar-refractivity contribution in [1.82, 2.24) is 15.2 Å². The summed E-state index contributed by atoms with van der Waals surface area (Å²) in [6, 6.07) is 10.4. The number of hydrogen-bond donors (Lipinski definition) is 3. The predicted octanol–water partition coefficient (Wildman–Crippen LogP) is 4.08. The lowest BCUT2D eigenvalue weighted by molar-refractivity contribution is -0.138. The third-order valence-corrected chi connectivity index (χ3v) is 7.28. The van der Waals surface area contributed by atoms with Gasteiger partial charge in [-0.3, -0.25) is 14.5 Å². The molecule has 5 rings (SSSR count). The monoisotopic (exact) mass is 573 g/mol. The fourth-order valence-corrected chi connectivity index (χ4v) is 5.22. The van der Waals surface area contributed by atoms with E-state index in [1.807, 2.05) is 11.8 Å². The molecule has 3 aromatic rings. The number of anilines is 2. The van der Waals surface area contributed by atoms with Crippen molar-refractivity contribution in [3.63, 3.8) is 0 Å². The summed E-state index contributed by atoms with van der Waals surface area (Å²) >= 11 is 0. The Kier molecular flexibility index (Phi) is 8.43. The van der Waals surface area contributed by atoms with Gasteiger partial charge in [0.15, 0.2) is 0 Å². The molecule has 8 nitrogen and oxygen atoms in total. The molecule has 1 amide bonds. The summed E-state index contributed by atoms with van der Waals surface area (Å²) in [4.78, 5) is 31.2. The van der Waals surface area contributed by atoms with Crippen LogP contribution in [0.25, 0.3) is 11.1 Å². The van der Waals surface area contributed by atoms with E-state index >= 15 is 4.39 Å². The molecule has 0 spiro atoms. The van der Waals surface area contributed by atoms with Crippen molar-refractivity contribution < 1.29 is 27.1 Å². The first-order valence-corrected chi connectivity index (χ1v) is 13.4. The van der Waals surface area contributed by atoms with Crippen molar-refractivity contribution in [2.24, 2.45) is 0 Å². The Morgan fingerprint density at radius 2 is 1.88 bits per heavy atom. The molecule has 1 unspecified atom stereocenters. The molecule has 12 heteroatoms. The molecule has 218 valence electrons. The minimum Gasteiger partial charge on any atom is -0.379 e. The van der Waals surface area contributed by atoms with Gasteiger partial charge >= 0.3 is 6.18 Å². The molecule has 3 N–H and O–H groups in total. The Labute approximate surface area is 234 Å². The zero-order valence-corrected chi connectivity index (χ0v) is 22.5. The number of alkyl halides is 3. The number of nitrogens with one attached hydrogen (secondary N) is 3. The molecule has 41 heavy (non-hydrogen) atoms. The number of aromatic nitrogens is 1. The topological polar surface area (TPSA) is 89.7 Å². The van der Waals surface area contributed by atoms with E-state index in [0.717, 1.165) is 24.8 Å². The van der Waals surface area contributed by atoms with Gasteiger partial charge in [-0.1, -0.05) is 12.1 Å². The summed E-state index contributed by atoms with van der Waals surface area (Å²) < 4.78 is 61.6. The second-order valence-electron chi connectivity index (χ2n) is 10.3. The zero-order chi connectivity index (χ0) is 29.1. The standard InChI is InChI=1S/C29H31F4N5O3/c1-18-16-38(7-6-34-18)26-5-3-20(21-12-19(2-4-24(21)30)17-37-8-10-41-11-9-37)13-25(26)36-28(40)22-15-35-27(39)14-23(22)29(31,32)33/h2-5,12-15,18,34H,6-11,16-17H2,1H3,(H,35,39)(H,36,40). The van der Waals surface area contributed by atoms with Crippen molar-refractivity contribution in [3.05, 3.63) is 81.5 Å². The highest BCUT2D eigenvalue weighted by molar-refractivity contribution is 6.07. The highest BCUT2D eigenvalue weighted by Gasteiger charge is 2.36. The lowest BCUT2D eigenvalue weighted by Gasteiger charge is -2.35. The molecule has 3 heterocycles. The first-order chi connectivity index (χ1) is 19.6. The fraction of sp³-hybridized carbons (Fsp3) is 0.379. The predicted molar refractivity (Wildman–Crippen MR) is 148 cm³/mol. The molecule has 0 bridgehead atoms. The molecular weight excluding hydrogens is 542 g/mol. The van der Waals surface area contributed by atoms with E-state index in [0.29, 0.717) is 62.3 Å². The fourth-order valence-electron chi connectivity index (χ4n) is 5.22. The number of H-pyrrole nitrogens is 1. The van der Waals surface area contributed by atoms with Gasteiger partial charge in [0, 0.05) is 63.1 Å². The van der Waals surface area contributed by atoms with Gasteiger partial charge in [-0.25, -0.2) is 4.39 Å². The average molecular weight is 574 g/mol. The van der Waals surface area contributed by atoms with Crippen molar-refractivity contribution in [3.8, 4) is 11.1 Å². The second-order valence-corrected chi connectivity index (χ2v) is 10.3. The van der Waals surface area contributed by atoms with Crippen LogP contribution in [0.15, 0.2) is 53.5 Å². The molecule has 0 saturated carbocycles. The van der Waals surface area contributed by atoms with Gasteiger partial charge < -0.3 is 25.3 Å². The third kappa shape index (κ3) is 6.77. The van der Waals surface area contributed by atoms with E-state index in [9.17, 15) is 22.8 Å². The van der Waals surface area contributed by atoms with Gasteiger partial charge in [0.25, 0.3) is 5.91 Å². The van der Waals surface area contributed by atoms with Crippen molar-refractivity contribution in [1.29, 1.82) is 0 Å². The summed E-state index contributed by atoms with van der Waals surface area (Å²) in [7, 11) is 0. The van der Waals surface area contributed by atoms with Gasteiger partial charge in [0.2, 0.25) is 5.56 Å². The highest BCUT2D eigenvalue weighted by atomic mass is 19.4. The number of piperazine rings is 1. The summed E-state index contributed by atoms with van der Waals surface area (Å²) in [5.74, 6) is -1.51. The van der Waals surface area contributed by atoms with Crippen LogP contribution >= 0.6 is 0 Å². The Bertz CT molecular complexity index is 1470. The highest BCUT2D eigenvalue weighted by Crippen LogP contribution is 2.36. The second kappa shape index (κ2) is 12.0. The van der Waals surface area contributed by atoms with Crippen LogP contribution in [0, 0.1) is 5.82 Å². The maximum atomic E-state index is 15.1. The summed E-state index contributed by atoms with van der Waals surface area (Å²) in [5.41, 5.74) is -0.527. The van der Waals surface area contributed by atoms with Gasteiger partial charge in [0.05, 0.1) is 35.7 Å². The van der Waals surface area contributed by atoms with Crippen molar-refractivity contribution in [2.75, 3.05) is 56.2 Å². The number of morpholine rings is 1. The smallest absolute Gasteiger partial charge is 0.379 e. The maximum Gasteiger partial charge on any atom is 0.417 e. The molecule has 0 radical (unpaired) electrons. The number of aromatic amines is 1. The SMILES string of the molecule is CC1CN(c2ccc(-c3cc(CN4CCOCC4)ccc3F)cc2NC(=O)c2c[nH]c(=O)cc2C(F)(F)F)CCN1. The van der Waals surface area contributed by atoms with E-state index in [1.165, 1.54) is 6.07 Å². The van der Waals surface area contributed by atoms with Crippen LogP contribution in [0.3, 0.4) is 0 Å². The molecule has 1 atom stereocenters. The van der Waals surface area contributed by atoms with Crippen LogP contribution < -0.4 is 21.1 Å². The van der Waals surface area contributed by atoms with E-state index in [-0.39, 0.29) is 11.7 Å². The zero-order valence-electron chi connectivity index (χ0n) is 22.5. The third-order valence-electron chi connectivity index (χ3n) is 7.28. The van der Waals surface area contributed by atoms with E-state index in [1.54, 1.807) is 30.3 Å². The molecular formula is C29H31F4N5O3. The molecule has 2 aliphatic heterocycles. The van der Waals surface area contributed by atoms with Gasteiger partial charge in [-0.05, 0) is 42.3 Å². The first-order valence-electron chi connectivity index (χ1n) is 13.4. The van der Waals surface area contributed by atoms with Crippen LogP contribution in [-0.4, -0.2) is 67.8 Å². The lowest BCUT2D eigenvalue weighted by Crippen LogP contribution is -2.49. The van der Waals surface area contributed by atoms with Gasteiger partial charge in [0.1, 0.15) is 5.82 Å². The Morgan fingerprint density at radius 3 is 2.61 bits per heavy atom. The summed E-state index contributed by atoms with van der Waals surface area (Å²) in [6.07, 6.45) is -4.16. The lowest BCUT2D eigenvalue weighted by atomic mass is 10.00. The van der Waals surface area contributed by atoms with Crippen LogP contribution in [0.1, 0.15) is 28.4 Å². The minimum absolute atomic E-state index is 0.136. The van der Waals surface area contributed by atoms with Crippen LogP contribution in [0.2, 0.25) is 0 Å². The quantitative estimate of drug-likeness (QED) is 0.385. The minimum atomic E-state index is -4.91. The van der Waals surface area contributed by atoms with E-state index in [2.05, 4.69) is 20.5 Å². The summed E-state index contributed by atoms with van der Waals surface area (Å²) in [5, 5.41) is 5.95. The van der Waals surface area contributed by atoms with E-state index in [4.69, 9.17) is 4.74 Å². The molecule has 2 aliphatic rings. The van der Waals surface area contributed by atoms with Crippen molar-refractivity contribution >= 4 is 17.3 Å². The first kappa shape index (κ1) is 28.8. The molecule has 2 saturated heterocycles. The molecule has 0 aliphatic carbocycles. The Hall–Kier alpha value is -3.74. The van der Waals surface area contributed by atoms with E-state index < -0.39 is 34.6 Å². The molecule has 2 aromatic carbocycles. The van der Waals surface area contributed by atoms with Gasteiger partial charge in [-0.2, -0.15) is 13.2 Å². The van der Waals surface area contributed by atoms with Crippen LogP contribution in [0.5, 0.6) is 0 Å². The Balaban J connectivity index is 1.52. The van der Waals surface area contributed by atoms with Crippen LogP contribution in [0.4, 0.5) is 28.9 Å². The summed E-state index contributed by atoms with van der Waals surface area (Å²) in [6.45, 7) is 7.29. The van der Waals surface area contributed by atoms with Crippen molar-refractivity contribution in [2.45, 2.75) is 25.7 Å². The number of rotatable bonds is 6. The molecule has 1 aromatic heterocycles. The number of nitrogens with zero attached hydrogens (tertiary/aromatic N) is 2. The normalized spacial score (nSPS) is 18.4.